The number of anilines is 2. The molecule has 32 heavy (non-hydrogen) atoms. The summed E-state index contributed by atoms with van der Waals surface area (Å²) >= 11 is 5.94. The lowest BCUT2D eigenvalue weighted by molar-refractivity contribution is -0.118. The van der Waals surface area contributed by atoms with Crippen molar-refractivity contribution < 1.29 is 9.59 Å². The molecule has 8 heteroatoms. The Bertz CT molecular complexity index is 1280. The van der Waals surface area contributed by atoms with Crippen LogP contribution in [-0.2, 0) is 4.79 Å². The molecule has 0 spiro atoms. The van der Waals surface area contributed by atoms with E-state index in [-0.39, 0.29) is 23.4 Å². The fourth-order valence-corrected chi connectivity index (χ4v) is 3.30. The second-order valence-corrected chi connectivity index (χ2v) is 8.14. The Kier molecular flexibility index (Phi) is 5.92. The standard InChI is InChI=1S/C24H22ClN5O2/c1-15(2)23(31)28-18-8-4-16(5-9-18)21-12-27-22-13-26-20(14-30(21)22)24(32)29(3)19-10-6-17(25)7-11-19/h4-15H,1-3H3,(H,28,31). The van der Waals surface area contributed by atoms with Crippen molar-refractivity contribution in [1.82, 2.24) is 14.4 Å². The minimum Gasteiger partial charge on any atom is -0.326 e. The fourth-order valence-electron chi connectivity index (χ4n) is 3.18. The zero-order valence-electron chi connectivity index (χ0n) is 17.9. The third kappa shape index (κ3) is 4.33. The van der Waals surface area contributed by atoms with Gasteiger partial charge in [0, 0.05) is 41.1 Å². The van der Waals surface area contributed by atoms with Gasteiger partial charge in [0.15, 0.2) is 5.65 Å². The molecule has 0 atom stereocenters. The van der Waals surface area contributed by atoms with Gasteiger partial charge in [-0.15, -0.1) is 0 Å². The first-order valence-corrected chi connectivity index (χ1v) is 10.5. The molecule has 4 aromatic rings. The van der Waals surface area contributed by atoms with Crippen LogP contribution in [0, 0.1) is 5.92 Å². The summed E-state index contributed by atoms with van der Waals surface area (Å²) in [7, 11) is 1.69. The van der Waals surface area contributed by atoms with Crippen LogP contribution >= 0.6 is 11.6 Å². The Labute approximate surface area is 190 Å². The molecule has 2 heterocycles. The molecule has 2 aromatic heterocycles. The van der Waals surface area contributed by atoms with E-state index in [9.17, 15) is 9.59 Å². The summed E-state index contributed by atoms with van der Waals surface area (Å²) in [6, 6.07) is 14.5. The first-order valence-electron chi connectivity index (χ1n) is 10.1. The summed E-state index contributed by atoms with van der Waals surface area (Å²) in [4.78, 5) is 35.1. The van der Waals surface area contributed by atoms with Crippen molar-refractivity contribution in [2.45, 2.75) is 13.8 Å². The maximum Gasteiger partial charge on any atom is 0.278 e. The number of nitrogens with zero attached hydrogens (tertiary/aromatic N) is 4. The Morgan fingerprint density at radius 2 is 1.69 bits per heavy atom. The van der Waals surface area contributed by atoms with E-state index in [1.54, 1.807) is 49.9 Å². The Hall–Kier alpha value is -3.71. The number of benzene rings is 2. The molecule has 0 saturated carbocycles. The quantitative estimate of drug-likeness (QED) is 0.471. The lowest BCUT2D eigenvalue weighted by Gasteiger charge is -2.17. The molecular formula is C24H22ClN5O2. The van der Waals surface area contributed by atoms with Crippen LogP contribution in [-0.4, -0.2) is 33.2 Å². The van der Waals surface area contributed by atoms with Gasteiger partial charge in [-0.05, 0) is 36.4 Å². The Balaban J connectivity index is 1.62. The maximum atomic E-state index is 13.0. The number of fused-ring (bicyclic) bond motifs is 1. The minimum absolute atomic E-state index is 0.0356. The summed E-state index contributed by atoms with van der Waals surface area (Å²) < 4.78 is 1.83. The van der Waals surface area contributed by atoms with Crippen LogP contribution in [0.5, 0.6) is 0 Å². The van der Waals surface area contributed by atoms with Crippen molar-refractivity contribution in [3.63, 3.8) is 0 Å². The molecule has 0 radical (unpaired) electrons. The van der Waals surface area contributed by atoms with Gasteiger partial charge in [0.2, 0.25) is 5.91 Å². The third-order valence-electron chi connectivity index (χ3n) is 5.11. The van der Waals surface area contributed by atoms with Gasteiger partial charge in [0.05, 0.1) is 18.1 Å². The SMILES string of the molecule is CC(C)C(=O)Nc1ccc(-c2cnc3cnc(C(=O)N(C)c4ccc(Cl)cc4)cn23)cc1. The number of hydrogen-bond acceptors (Lipinski definition) is 4. The first-order chi connectivity index (χ1) is 15.3. The summed E-state index contributed by atoms with van der Waals surface area (Å²) in [5.74, 6) is -0.380. The molecule has 162 valence electrons. The second kappa shape index (κ2) is 8.80. The number of halogens is 1. The van der Waals surface area contributed by atoms with Gasteiger partial charge in [-0.1, -0.05) is 37.6 Å². The second-order valence-electron chi connectivity index (χ2n) is 7.71. The average molecular weight is 448 g/mol. The molecule has 0 fully saturated rings. The highest BCUT2D eigenvalue weighted by Crippen LogP contribution is 2.24. The molecule has 4 rings (SSSR count). The van der Waals surface area contributed by atoms with E-state index in [1.165, 1.54) is 4.90 Å². The van der Waals surface area contributed by atoms with Crippen molar-refractivity contribution >= 4 is 40.4 Å². The van der Waals surface area contributed by atoms with Gasteiger partial charge in [-0.3, -0.25) is 14.0 Å². The van der Waals surface area contributed by atoms with E-state index in [2.05, 4.69) is 15.3 Å². The molecule has 1 N–H and O–H groups in total. The van der Waals surface area contributed by atoms with Crippen LogP contribution < -0.4 is 10.2 Å². The zero-order chi connectivity index (χ0) is 22.8. The van der Waals surface area contributed by atoms with E-state index in [0.717, 1.165) is 16.9 Å². The van der Waals surface area contributed by atoms with E-state index in [4.69, 9.17) is 11.6 Å². The maximum absolute atomic E-state index is 13.0. The number of aromatic nitrogens is 3. The summed E-state index contributed by atoms with van der Waals surface area (Å²) in [6.45, 7) is 3.69. The molecule has 0 aliphatic heterocycles. The van der Waals surface area contributed by atoms with Gasteiger partial charge < -0.3 is 10.2 Å². The number of nitrogens with one attached hydrogen (secondary N) is 1. The van der Waals surface area contributed by atoms with Crippen molar-refractivity contribution in [2.24, 2.45) is 5.92 Å². The van der Waals surface area contributed by atoms with Crippen molar-refractivity contribution in [3.05, 3.63) is 77.8 Å². The van der Waals surface area contributed by atoms with Crippen LogP contribution in [0.4, 0.5) is 11.4 Å². The van der Waals surface area contributed by atoms with Gasteiger partial charge >= 0.3 is 0 Å². The molecule has 7 nitrogen and oxygen atoms in total. The molecule has 0 saturated heterocycles. The molecule has 0 bridgehead atoms. The Morgan fingerprint density at radius 3 is 2.34 bits per heavy atom. The molecule has 2 aromatic carbocycles. The monoisotopic (exact) mass is 447 g/mol. The summed E-state index contributed by atoms with van der Waals surface area (Å²) in [6.07, 6.45) is 4.99. The average Bonchev–Trinajstić information content (AvgIpc) is 3.22. The molecule has 0 aliphatic rings. The first kappa shape index (κ1) is 21.5. The number of carbonyl (C=O) groups excluding carboxylic acids is 2. The van der Waals surface area contributed by atoms with E-state index < -0.39 is 0 Å². The fraction of sp³-hybridized carbons (Fsp3) is 0.167. The molecular weight excluding hydrogens is 426 g/mol. The highest BCUT2D eigenvalue weighted by atomic mass is 35.5. The van der Waals surface area contributed by atoms with Crippen molar-refractivity contribution in [3.8, 4) is 11.3 Å². The van der Waals surface area contributed by atoms with Crippen LogP contribution in [0.2, 0.25) is 5.02 Å². The van der Waals surface area contributed by atoms with Crippen LogP contribution in [0.15, 0.2) is 67.1 Å². The predicted molar refractivity (Wildman–Crippen MR) is 126 cm³/mol. The van der Waals surface area contributed by atoms with E-state index in [0.29, 0.717) is 16.4 Å². The largest absolute Gasteiger partial charge is 0.326 e. The number of amides is 2. The van der Waals surface area contributed by atoms with Crippen LogP contribution in [0.1, 0.15) is 24.3 Å². The summed E-state index contributed by atoms with van der Waals surface area (Å²) in [5, 5.41) is 3.48. The normalized spacial score (nSPS) is 11.0. The van der Waals surface area contributed by atoms with Crippen molar-refractivity contribution in [1.29, 1.82) is 0 Å². The highest BCUT2D eigenvalue weighted by Gasteiger charge is 2.17. The summed E-state index contributed by atoms with van der Waals surface area (Å²) in [5.41, 5.74) is 4.07. The zero-order valence-corrected chi connectivity index (χ0v) is 18.7. The van der Waals surface area contributed by atoms with E-state index >= 15 is 0 Å². The topological polar surface area (TPSA) is 79.6 Å². The molecule has 0 aliphatic carbocycles. The Morgan fingerprint density at radius 1 is 1.00 bits per heavy atom. The van der Waals surface area contributed by atoms with E-state index in [1.807, 2.05) is 42.5 Å². The number of rotatable bonds is 5. The third-order valence-corrected chi connectivity index (χ3v) is 5.36. The predicted octanol–water partition coefficient (Wildman–Crippen LogP) is 4.92. The minimum atomic E-state index is -0.249. The van der Waals surface area contributed by atoms with Gasteiger partial charge in [0.1, 0.15) is 5.69 Å². The lowest BCUT2D eigenvalue weighted by atomic mass is 10.1. The smallest absolute Gasteiger partial charge is 0.278 e. The number of hydrogen-bond donors (Lipinski definition) is 1. The van der Waals surface area contributed by atoms with Gasteiger partial charge in [0.25, 0.3) is 5.91 Å². The van der Waals surface area contributed by atoms with Crippen molar-refractivity contribution in [2.75, 3.05) is 17.3 Å². The molecule has 0 unspecified atom stereocenters. The molecule has 2 amide bonds. The number of imidazole rings is 1. The van der Waals surface area contributed by atoms with Gasteiger partial charge in [-0.2, -0.15) is 0 Å². The number of carbonyl (C=O) groups is 2. The highest BCUT2D eigenvalue weighted by molar-refractivity contribution is 6.30. The van der Waals surface area contributed by atoms with Crippen LogP contribution in [0.25, 0.3) is 16.9 Å². The lowest BCUT2D eigenvalue weighted by Crippen LogP contribution is -2.27. The van der Waals surface area contributed by atoms with Gasteiger partial charge in [-0.25, -0.2) is 9.97 Å². The van der Waals surface area contributed by atoms with Crippen LogP contribution in [0.3, 0.4) is 0 Å².